The van der Waals surface area contributed by atoms with Crippen molar-refractivity contribution in [1.29, 1.82) is 0 Å². The number of thioether (sulfide) groups is 1. The molecule has 0 amide bonds. The van der Waals surface area contributed by atoms with Crippen molar-refractivity contribution in [2.45, 2.75) is 78.0 Å². The molecule has 0 aliphatic heterocycles. The van der Waals surface area contributed by atoms with Crippen LogP contribution in [-0.4, -0.2) is 60.2 Å². The number of aliphatic hydroxyl groups is 2. The maximum Gasteiger partial charge on any atom is 0.155 e. The highest BCUT2D eigenvalue weighted by atomic mass is 32.2. The minimum atomic E-state index is -0.321. The third-order valence-electron chi connectivity index (χ3n) is 3.75. The summed E-state index contributed by atoms with van der Waals surface area (Å²) < 4.78 is 17.6. The summed E-state index contributed by atoms with van der Waals surface area (Å²) in [5, 5.41) is 18.6. The lowest BCUT2D eigenvalue weighted by atomic mass is 9.94. The van der Waals surface area contributed by atoms with Gasteiger partial charge in [0.2, 0.25) is 0 Å². The Morgan fingerprint density at radius 1 is 1.12 bits per heavy atom. The van der Waals surface area contributed by atoms with E-state index in [1.54, 1.807) is 11.8 Å². The van der Waals surface area contributed by atoms with Crippen molar-refractivity contribution < 1.29 is 24.4 Å². The van der Waals surface area contributed by atoms with Crippen LogP contribution in [0, 0.1) is 5.92 Å². The molecule has 0 aliphatic carbocycles. The van der Waals surface area contributed by atoms with E-state index in [2.05, 4.69) is 6.92 Å². The molecule has 25 heavy (non-hydrogen) atoms. The standard InChI is InChI=1S/C19H38O5S/c1-6-22-17(4)24-18(10-8-7-9-11-20)19(23-14-25-5)13-15(2)12-16(3)21/h8,10,15-21H,6-7,9,11-14H2,1-5H3/b10-8+/t15-,16+,17?,18+,19-/m1/s1. The first-order valence-electron chi connectivity index (χ1n) is 9.27. The van der Waals surface area contributed by atoms with Crippen LogP contribution in [0.5, 0.6) is 0 Å². The Labute approximate surface area is 158 Å². The van der Waals surface area contributed by atoms with Crippen LogP contribution in [0.3, 0.4) is 0 Å². The summed E-state index contributed by atoms with van der Waals surface area (Å²) in [6.45, 7) is 8.55. The van der Waals surface area contributed by atoms with Gasteiger partial charge in [-0.15, -0.1) is 11.8 Å². The average molecular weight is 379 g/mol. The molecule has 0 spiro atoms. The Morgan fingerprint density at radius 2 is 1.84 bits per heavy atom. The zero-order valence-corrected chi connectivity index (χ0v) is 17.3. The predicted octanol–water partition coefficient (Wildman–Crippen LogP) is 3.59. The number of hydrogen-bond donors (Lipinski definition) is 2. The van der Waals surface area contributed by atoms with Gasteiger partial charge in [-0.25, -0.2) is 0 Å². The first-order chi connectivity index (χ1) is 11.9. The van der Waals surface area contributed by atoms with Crippen LogP contribution in [0.2, 0.25) is 0 Å². The summed E-state index contributed by atoms with van der Waals surface area (Å²) in [4.78, 5) is 0. The van der Waals surface area contributed by atoms with E-state index in [1.165, 1.54) is 0 Å². The smallest absolute Gasteiger partial charge is 0.155 e. The van der Waals surface area contributed by atoms with Crippen LogP contribution in [0.4, 0.5) is 0 Å². The molecule has 5 nitrogen and oxygen atoms in total. The Morgan fingerprint density at radius 3 is 2.40 bits per heavy atom. The Bertz CT molecular complexity index is 325. The summed E-state index contributed by atoms with van der Waals surface area (Å²) in [5.41, 5.74) is 0. The van der Waals surface area contributed by atoms with E-state index in [4.69, 9.17) is 19.3 Å². The van der Waals surface area contributed by atoms with Gasteiger partial charge in [0.25, 0.3) is 0 Å². The molecule has 6 heteroatoms. The molecule has 0 radical (unpaired) electrons. The number of hydrogen-bond acceptors (Lipinski definition) is 6. The molecule has 0 aromatic rings. The predicted molar refractivity (Wildman–Crippen MR) is 105 cm³/mol. The molecule has 0 saturated carbocycles. The second-order valence-electron chi connectivity index (χ2n) is 6.45. The maximum absolute atomic E-state index is 9.63. The molecule has 0 aromatic carbocycles. The topological polar surface area (TPSA) is 68.2 Å². The van der Waals surface area contributed by atoms with Crippen molar-refractivity contribution in [1.82, 2.24) is 0 Å². The number of aliphatic hydroxyl groups excluding tert-OH is 2. The molecule has 0 fully saturated rings. The Hall–Kier alpha value is -0.110. The third kappa shape index (κ3) is 13.7. The van der Waals surface area contributed by atoms with Crippen LogP contribution in [0.15, 0.2) is 12.2 Å². The van der Waals surface area contributed by atoms with Crippen LogP contribution in [0.25, 0.3) is 0 Å². The molecule has 2 N–H and O–H groups in total. The molecular weight excluding hydrogens is 340 g/mol. The molecule has 0 rings (SSSR count). The fourth-order valence-corrected chi connectivity index (χ4v) is 3.03. The van der Waals surface area contributed by atoms with E-state index in [1.807, 2.05) is 39.2 Å². The van der Waals surface area contributed by atoms with Crippen LogP contribution < -0.4 is 0 Å². The van der Waals surface area contributed by atoms with Crippen molar-refractivity contribution in [3.05, 3.63) is 12.2 Å². The van der Waals surface area contributed by atoms with Gasteiger partial charge >= 0.3 is 0 Å². The van der Waals surface area contributed by atoms with E-state index >= 15 is 0 Å². The van der Waals surface area contributed by atoms with E-state index < -0.39 is 0 Å². The monoisotopic (exact) mass is 378 g/mol. The van der Waals surface area contributed by atoms with Crippen LogP contribution in [0.1, 0.15) is 53.4 Å². The number of ether oxygens (including phenoxy) is 3. The zero-order chi connectivity index (χ0) is 19.1. The van der Waals surface area contributed by atoms with Gasteiger partial charge in [-0.05, 0) is 58.6 Å². The number of unbranched alkanes of at least 4 members (excludes halogenated alkanes) is 1. The van der Waals surface area contributed by atoms with E-state index in [0.717, 1.165) is 25.7 Å². The summed E-state index contributed by atoms with van der Waals surface area (Å²) in [7, 11) is 0. The van der Waals surface area contributed by atoms with Crippen LogP contribution >= 0.6 is 11.8 Å². The van der Waals surface area contributed by atoms with Gasteiger partial charge < -0.3 is 24.4 Å². The summed E-state index contributed by atoms with van der Waals surface area (Å²) >= 11 is 1.63. The second-order valence-corrected chi connectivity index (χ2v) is 7.27. The lowest BCUT2D eigenvalue weighted by Gasteiger charge is -2.30. The highest BCUT2D eigenvalue weighted by molar-refractivity contribution is 7.98. The highest BCUT2D eigenvalue weighted by Gasteiger charge is 2.25. The minimum absolute atomic E-state index is 0.102. The maximum atomic E-state index is 9.63. The lowest BCUT2D eigenvalue weighted by Crippen LogP contribution is -2.35. The Balaban J connectivity index is 5.01. The molecule has 1 unspecified atom stereocenters. The average Bonchev–Trinajstić information content (AvgIpc) is 2.54. The van der Waals surface area contributed by atoms with Crippen molar-refractivity contribution in [2.24, 2.45) is 5.92 Å². The largest absolute Gasteiger partial charge is 0.396 e. The summed E-state index contributed by atoms with van der Waals surface area (Å²) in [6.07, 6.45) is 8.18. The molecular formula is C19H38O5S. The third-order valence-corrected chi connectivity index (χ3v) is 4.12. The van der Waals surface area contributed by atoms with Gasteiger partial charge in [0.05, 0.1) is 18.1 Å². The quantitative estimate of drug-likeness (QED) is 0.243. The van der Waals surface area contributed by atoms with Crippen LogP contribution in [-0.2, 0) is 14.2 Å². The summed E-state index contributed by atoms with van der Waals surface area (Å²) in [5.74, 6) is 0.922. The molecule has 0 saturated heterocycles. The molecule has 150 valence electrons. The van der Waals surface area contributed by atoms with Gasteiger partial charge in [0.15, 0.2) is 6.29 Å². The first-order valence-corrected chi connectivity index (χ1v) is 10.7. The van der Waals surface area contributed by atoms with Crippen molar-refractivity contribution >= 4 is 11.8 Å². The highest BCUT2D eigenvalue weighted by Crippen LogP contribution is 2.22. The van der Waals surface area contributed by atoms with Gasteiger partial charge in [-0.2, -0.15) is 0 Å². The molecule has 0 aromatic heterocycles. The van der Waals surface area contributed by atoms with Gasteiger partial charge in [-0.3, -0.25) is 0 Å². The zero-order valence-electron chi connectivity index (χ0n) is 16.5. The van der Waals surface area contributed by atoms with E-state index in [0.29, 0.717) is 18.5 Å². The normalized spacial score (nSPS) is 18.2. The van der Waals surface area contributed by atoms with Gasteiger partial charge in [0.1, 0.15) is 6.10 Å². The SMILES string of the molecule is CCOC(C)O[C@@H](/C=C/CCCO)[C@@H](C[C@H](C)C[C@H](C)O)OCSC. The van der Waals surface area contributed by atoms with Crippen molar-refractivity contribution in [3.63, 3.8) is 0 Å². The van der Waals surface area contributed by atoms with Crippen molar-refractivity contribution in [3.8, 4) is 0 Å². The number of allylic oxidation sites excluding steroid dienone is 1. The second kappa shape index (κ2) is 16.1. The fourth-order valence-electron chi connectivity index (χ4n) is 2.72. The van der Waals surface area contributed by atoms with Crippen molar-refractivity contribution in [2.75, 3.05) is 25.4 Å². The lowest BCUT2D eigenvalue weighted by molar-refractivity contribution is -0.174. The molecule has 5 atom stereocenters. The van der Waals surface area contributed by atoms with Gasteiger partial charge in [-0.1, -0.05) is 19.1 Å². The van der Waals surface area contributed by atoms with E-state index in [9.17, 15) is 5.11 Å². The minimum Gasteiger partial charge on any atom is -0.396 e. The van der Waals surface area contributed by atoms with E-state index in [-0.39, 0.29) is 31.2 Å². The molecule has 0 heterocycles. The Kier molecular flexibility index (Phi) is 16.0. The summed E-state index contributed by atoms with van der Waals surface area (Å²) in [6, 6.07) is 0. The van der Waals surface area contributed by atoms with Gasteiger partial charge in [0, 0.05) is 13.2 Å². The molecule has 0 aliphatic rings. The fraction of sp³-hybridized carbons (Fsp3) is 0.895. The first kappa shape index (κ1) is 24.9. The molecule has 0 bridgehead atoms. The number of rotatable bonds is 16.